The number of halogens is 3. The normalized spacial score (nSPS) is 21.3. The molecule has 5 nitrogen and oxygen atoms in total. The first kappa shape index (κ1) is 17.5. The minimum Gasteiger partial charge on any atom is -0.336 e. The number of amides is 3. The molecule has 0 saturated carbocycles. The Kier molecular flexibility index (Phi) is 5.40. The molecule has 3 N–H and O–H groups in total. The molecule has 3 amide bonds. The van der Waals surface area contributed by atoms with Gasteiger partial charge in [-0.15, -0.1) is 11.8 Å². The summed E-state index contributed by atoms with van der Waals surface area (Å²) in [5.74, 6) is -0.601. The SMILES string of the molecule is CC1CC(SCC(=O)Nc2ccccc2C(F)(F)F)NC(=O)N1. The second kappa shape index (κ2) is 7.12. The first-order valence-corrected chi connectivity index (χ1v) is 7.95. The number of carbonyl (C=O) groups excluding carboxylic acids is 2. The van der Waals surface area contributed by atoms with Gasteiger partial charge < -0.3 is 16.0 Å². The second-order valence-electron chi connectivity index (χ2n) is 5.15. The third kappa shape index (κ3) is 5.05. The number of alkyl halides is 3. The van der Waals surface area contributed by atoms with Crippen molar-refractivity contribution in [3.63, 3.8) is 0 Å². The fourth-order valence-corrected chi connectivity index (χ4v) is 3.20. The van der Waals surface area contributed by atoms with Crippen LogP contribution in [0.2, 0.25) is 0 Å². The van der Waals surface area contributed by atoms with E-state index in [1.165, 1.54) is 30.0 Å². The predicted molar refractivity (Wildman–Crippen MR) is 82.1 cm³/mol. The summed E-state index contributed by atoms with van der Waals surface area (Å²) in [5, 5.41) is 7.35. The number of hydrogen-bond donors (Lipinski definition) is 3. The van der Waals surface area contributed by atoms with Gasteiger partial charge in [-0.1, -0.05) is 12.1 Å². The van der Waals surface area contributed by atoms with Gasteiger partial charge in [0.05, 0.1) is 22.4 Å². The molecule has 1 aliphatic heterocycles. The fourth-order valence-electron chi connectivity index (χ4n) is 2.16. The zero-order chi connectivity index (χ0) is 17.0. The van der Waals surface area contributed by atoms with Gasteiger partial charge in [0.1, 0.15) is 0 Å². The first-order valence-electron chi connectivity index (χ1n) is 6.90. The Morgan fingerprint density at radius 2 is 2.04 bits per heavy atom. The van der Waals surface area contributed by atoms with Crippen molar-refractivity contribution in [2.24, 2.45) is 0 Å². The number of rotatable bonds is 4. The maximum Gasteiger partial charge on any atom is 0.418 e. The maximum atomic E-state index is 12.9. The van der Waals surface area contributed by atoms with Crippen molar-refractivity contribution in [2.45, 2.75) is 30.9 Å². The highest BCUT2D eigenvalue weighted by molar-refractivity contribution is 8.00. The number of benzene rings is 1. The minimum absolute atomic E-state index is 0.0183. The zero-order valence-electron chi connectivity index (χ0n) is 12.2. The van der Waals surface area contributed by atoms with Crippen LogP contribution >= 0.6 is 11.8 Å². The van der Waals surface area contributed by atoms with E-state index in [4.69, 9.17) is 0 Å². The molecule has 1 aromatic rings. The molecule has 126 valence electrons. The summed E-state index contributed by atoms with van der Waals surface area (Å²) < 4.78 is 38.6. The highest BCUT2D eigenvalue weighted by Gasteiger charge is 2.33. The van der Waals surface area contributed by atoms with Crippen LogP contribution < -0.4 is 16.0 Å². The summed E-state index contributed by atoms with van der Waals surface area (Å²) >= 11 is 1.18. The van der Waals surface area contributed by atoms with Crippen LogP contribution in [0.4, 0.5) is 23.7 Å². The summed E-state index contributed by atoms with van der Waals surface area (Å²) in [6.45, 7) is 1.84. The van der Waals surface area contributed by atoms with Gasteiger partial charge in [0.25, 0.3) is 0 Å². The van der Waals surface area contributed by atoms with Crippen LogP contribution in [0.25, 0.3) is 0 Å². The van der Waals surface area contributed by atoms with Crippen LogP contribution in [0.3, 0.4) is 0 Å². The number of para-hydroxylation sites is 1. The quantitative estimate of drug-likeness (QED) is 0.784. The molecule has 1 aliphatic rings. The zero-order valence-corrected chi connectivity index (χ0v) is 13.1. The van der Waals surface area contributed by atoms with Gasteiger partial charge in [0.15, 0.2) is 0 Å². The average Bonchev–Trinajstić information content (AvgIpc) is 2.43. The van der Waals surface area contributed by atoms with Gasteiger partial charge in [-0.25, -0.2) is 4.79 Å². The molecule has 0 aliphatic carbocycles. The summed E-state index contributed by atoms with van der Waals surface area (Å²) in [6.07, 6.45) is -3.90. The molecule has 1 fully saturated rings. The maximum absolute atomic E-state index is 12.9. The molecule has 2 unspecified atom stereocenters. The Balaban J connectivity index is 1.92. The second-order valence-corrected chi connectivity index (χ2v) is 6.34. The van der Waals surface area contributed by atoms with Crippen LogP contribution in [0.1, 0.15) is 18.9 Å². The van der Waals surface area contributed by atoms with E-state index in [9.17, 15) is 22.8 Å². The molecule has 1 saturated heterocycles. The Bertz CT molecular complexity index is 595. The number of urea groups is 1. The highest BCUT2D eigenvalue weighted by atomic mass is 32.2. The largest absolute Gasteiger partial charge is 0.418 e. The molecular formula is C14H16F3N3O2S. The number of nitrogens with one attached hydrogen (secondary N) is 3. The van der Waals surface area contributed by atoms with Crippen LogP contribution in [0, 0.1) is 0 Å². The molecule has 0 spiro atoms. The topological polar surface area (TPSA) is 70.2 Å². The first-order chi connectivity index (χ1) is 10.8. The van der Waals surface area contributed by atoms with E-state index in [0.717, 1.165) is 6.07 Å². The van der Waals surface area contributed by atoms with E-state index in [1.807, 2.05) is 6.92 Å². The molecule has 2 atom stereocenters. The lowest BCUT2D eigenvalue weighted by Crippen LogP contribution is -2.52. The Morgan fingerprint density at radius 3 is 2.70 bits per heavy atom. The van der Waals surface area contributed by atoms with Crippen molar-refractivity contribution in [2.75, 3.05) is 11.1 Å². The van der Waals surface area contributed by atoms with Crippen LogP contribution in [-0.4, -0.2) is 29.1 Å². The van der Waals surface area contributed by atoms with Gasteiger partial charge in [-0.3, -0.25) is 4.79 Å². The lowest BCUT2D eigenvalue weighted by atomic mass is 10.1. The van der Waals surface area contributed by atoms with Crippen molar-refractivity contribution >= 4 is 29.4 Å². The molecule has 9 heteroatoms. The van der Waals surface area contributed by atoms with E-state index in [2.05, 4.69) is 16.0 Å². The number of hydrogen-bond acceptors (Lipinski definition) is 3. The monoisotopic (exact) mass is 347 g/mol. The third-order valence-electron chi connectivity index (χ3n) is 3.16. The van der Waals surface area contributed by atoms with Gasteiger partial charge >= 0.3 is 12.2 Å². The molecule has 23 heavy (non-hydrogen) atoms. The fraction of sp³-hybridized carbons (Fsp3) is 0.429. The Labute approximate surface area is 135 Å². The molecule has 0 bridgehead atoms. The molecule has 0 aromatic heterocycles. The molecule has 1 aromatic carbocycles. The highest BCUT2D eigenvalue weighted by Crippen LogP contribution is 2.34. The number of anilines is 1. The molecule has 1 heterocycles. The Morgan fingerprint density at radius 1 is 1.35 bits per heavy atom. The minimum atomic E-state index is -4.53. The number of thioether (sulfide) groups is 1. The van der Waals surface area contributed by atoms with E-state index >= 15 is 0 Å². The van der Waals surface area contributed by atoms with E-state index in [1.54, 1.807) is 0 Å². The molecule has 0 radical (unpaired) electrons. The lowest BCUT2D eigenvalue weighted by Gasteiger charge is -2.28. The lowest BCUT2D eigenvalue weighted by molar-refractivity contribution is -0.137. The van der Waals surface area contributed by atoms with Gasteiger partial charge in [-0.2, -0.15) is 13.2 Å². The summed E-state index contributed by atoms with van der Waals surface area (Å²) in [7, 11) is 0. The predicted octanol–water partition coefficient (Wildman–Crippen LogP) is 2.79. The van der Waals surface area contributed by atoms with E-state index in [-0.39, 0.29) is 28.9 Å². The smallest absolute Gasteiger partial charge is 0.336 e. The molecule has 2 rings (SSSR count). The van der Waals surface area contributed by atoms with Crippen molar-refractivity contribution in [3.8, 4) is 0 Å². The Hall–Kier alpha value is -1.90. The summed E-state index contributed by atoms with van der Waals surface area (Å²) in [6, 6.07) is 4.47. The van der Waals surface area contributed by atoms with Gasteiger partial charge in [-0.05, 0) is 25.5 Å². The van der Waals surface area contributed by atoms with Gasteiger partial charge in [0, 0.05) is 6.04 Å². The summed E-state index contributed by atoms with van der Waals surface area (Å²) in [4.78, 5) is 23.2. The molecular weight excluding hydrogens is 331 g/mol. The van der Waals surface area contributed by atoms with Crippen molar-refractivity contribution in [1.29, 1.82) is 0 Å². The summed E-state index contributed by atoms with van der Waals surface area (Å²) in [5.41, 5.74) is -1.16. The average molecular weight is 347 g/mol. The third-order valence-corrected chi connectivity index (χ3v) is 4.30. The number of carbonyl (C=O) groups is 2. The van der Waals surface area contributed by atoms with Crippen LogP contribution in [0.5, 0.6) is 0 Å². The van der Waals surface area contributed by atoms with Crippen LogP contribution in [-0.2, 0) is 11.0 Å². The van der Waals surface area contributed by atoms with E-state index in [0.29, 0.717) is 6.42 Å². The standard InChI is InChI=1S/C14H16F3N3O2S/c1-8-6-12(20-13(22)18-8)23-7-11(21)19-10-5-3-2-4-9(10)14(15,16)17/h2-5,8,12H,6-7H2,1H3,(H,19,21)(H2,18,20,22). The van der Waals surface area contributed by atoms with Crippen molar-refractivity contribution in [1.82, 2.24) is 10.6 Å². The van der Waals surface area contributed by atoms with Crippen LogP contribution in [0.15, 0.2) is 24.3 Å². The van der Waals surface area contributed by atoms with Crippen molar-refractivity contribution in [3.05, 3.63) is 29.8 Å². The van der Waals surface area contributed by atoms with E-state index < -0.39 is 17.6 Å². The van der Waals surface area contributed by atoms with Crippen molar-refractivity contribution < 1.29 is 22.8 Å². The van der Waals surface area contributed by atoms with Gasteiger partial charge in [0.2, 0.25) is 5.91 Å².